The van der Waals surface area contributed by atoms with Crippen LogP contribution in [0.5, 0.6) is 0 Å². The number of thiazole rings is 1. The van der Waals surface area contributed by atoms with E-state index in [1.165, 1.54) is 39.9 Å². The Morgan fingerprint density at radius 2 is 1.88 bits per heavy atom. The molecule has 15 heteroatoms. The molecule has 2 aromatic carbocycles. The van der Waals surface area contributed by atoms with Crippen molar-refractivity contribution in [3.63, 3.8) is 0 Å². The van der Waals surface area contributed by atoms with Crippen molar-refractivity contribution in [2.45, 2.75) is 82.3 Å². The molecule has 2 aliphatic heterocycles. The minimum atomic E-state index is -4.12. The number of nitroso groups, excluding NO2 is 1. The number of ether oxygens (including phenoxy) is 1. The van der Waals surface area contributed by atoms with Gasteiger partial charge in [0.15, 0.2) is 0 Å². The molecule has 2 saturated heterocycles. The number of sulfonamides is 1. The first-order valence-corrected chi connectivity index (χ1v) is 19.3. The molecule has 5 rings (SSSR count). The van der Waals surface area contributed by atoms with Crippen LogP contribution in [0.3, 0.4) is 0 Å². The largest absolute Gasteiger partial charge is 0.390 e. The number of benzene rings is 2. The third-order valence-corrected chi connectivity index (χ3v) is 11.8. The lowest BCUT2D eigenvalue weighted by Crippen LogP contribution is -2.57. The summed E-state index contributed by atoms with van der Waals surface area (Å²) in [6.45, 7) is 6.98. The Morgan fingerprint density at radius 3 is 2.50 bits per heavy atom. The molecule has 2 aliphatic rings. The Kier molecular flexibility index (Phi) is 12.7. The molecule has 3 aromatic rings. The highest BCUT2D eigenvalue weighted by atomic mass is 32.2. The number of nitrogens with one attached hydrogen (secondary N) is 1. The average Bonchev–Trinajstić information content (AvgIpc) is 3.84. The molecule has 2 fully saturated rings. The molecule has 270 valence electrons. The number of carbonyl (C=O) groups excluding carboxylic acids is 2. The molecule has 0 spiro atoms. The number of carbonyl (C=O) groups is 2. The molecule has 0 saturated carbocycles. The second-order valence-electron chi connectivity index (χ2n) is 13.2. The summed E-state index contributed by atoms with van der Waals surface area (Å²) in [4.78, 5) is 46.2. The van der Waals surface area contributed by atoms with Crippen LogP contribution < -0.4 is 5.32 Å². The molecule has 3 heterocycles. The van der Waals surface area contributed by atoms with Crippen molar-refractivity contribution in [2.24, 2.45) is 11.1 Å². The van der Waals surface area contributed by atoms with Gasteiger partial charge in [0.05, 0.1) is 40.4 Å². The van der Waals surface area contributed by atoms with Crippen LogP contribution in [0.2, 0.25) is 0 Å². The first-order valence-electron chi connectivity index (χ1n) is 16.9. The van der Waals surface area contributed by atoms with Crippen LogP contribution in [0.1, 0.15) is 48.5 Å². The van der Waals surface area contributed by atoms with Gasteiger partial charge in [-0.2, -0.15) is 9.21 Å². The standard InChI is InChI=1S/C35H46N6O7S2/c1-24(2)33(41-16-15-39(35(41)44)20-28-23-49-25(3)37-28)34(43)38-31(18-26-8-5-4-6-9-26)32(42)22-40(21-29-10-7-17-48-29)50(46,47)30-13-11-27(12-14-30)19-36-45/h4-6,8-9,11-14,23-24,29,31-33,42H,7,10,15-22H2,1-3H3,(H,38,43)/t29?,31-,32+,33-/m0/s1. The Balaban J connectivity index is 1.37. The molecular weight excluding hydrogens is 681 g/mol. The minimum absolute atomic E-state index is 0.00535. The van der Waals surface area contributed by atoms with E-state index in [0.717, 1.165) is 22.7 Å². The maximum Gasteiger partial charge on any atom is 0.321 e. The second-order valence-corrected chi connectivity index (χ2v) is 16.2. The van der Waals surface area contributed by atoms with Crippen LogP contribution in [0, 0.1) is 17.7 Å². The van der Waals surface area contributed by atoms with Crippen molar-refractivity contribution in [3.8, 4) is 0 Å². The van der Waals surface area contributed by atoms with Crippen molar-refractivity contribution in [1.82, 2.24) is 24.4 Å². The molecular formula is C35H46N6O7S2. The predicted octanol–water partition coefficient (Wildman–Crippen LogP) is 3.94. The van der Waals surface area contributed by atoms with Crippen LogP contribution in [0.15, 0.2) is 70.0 Å². The van der Waals surface area contributed by atoms with Crippen LogP contribution in [-0.4, -0.2) is 102 Å². The molecule has 2 N–H and O–H groups in total. The highest BCUT2D eigenvalue weighted by molar-refractivity contribution is 7.89. The van der Waals surface area contributed by atoms with Crippen molar-refractivity contribution in [2.75, 3.05) is 32.8 Å². The van der Waals surface area contributed by atoms with Crippen molar-refractivity contribution in [1.29, 1.82) is 0 Å². The summed E-state index contributed by atoms with van der Waals surface area (Å²) in [5, 5.41) is 20.6. The van der Waals surface area contributed by atoms with E-state index in [-0.39, 0.29) is 49.0 Å². The number of urea groups is 1. The minimum Gasteiger partial charge on any atom is -0.390 e. The van der Waals surface area contributed by atoms with E-state index < -0.39 is 34.1 Å². The van der Waals surface area contributed by atoms with Gasteiger partial charge in [-0.25, -0.2) is 18.2 Å². The smallest absolute Gasteiger partial charge is 0.321 e. The second kappa shape index (κ2) is 17.0. The van der Waals surface area contributed by atoms with Gasteiger partial charge in [0.2, 0.25) is 15.9 Å². The van der Waals surface area contributed by atoms with Gasteiger partial charge in [0, 0.05) is 38.2 Å². The molecule has 0 aliphatic carbocycles. The summed E-state index contributed by atoms with van der Waals surface area (Å²) in [6, 6.07) is 13.3. The number of aromatic nitrogens is 1. The molecule has 1 aromatic heterocycles. The number of rotatable bonds is 17. The zero-order chi connectivity index (χ0) is 35.8. The molecule has 3 amide bonds. The van der Waals surface area contributed by atoms with Crippen molar-refractivity contribution < 1.29 is 27.9 Å². The van der Waals surface area contributed by atoms with Crippen molar-refractivity contribution in [3.05, 3.63) is 86.7 Å². The van der Waals surface area contributed by atoms with E-state index in [1.807, 2.05) is 56.5 Å². The van der Waals surface area contributed by atoms with Crippen LogP contribution >= 0.6 is 11.3 Å². The summed E-state index contributed by atoms with van der Waals surface area (Å²) in [5.41, 5.74) is 2.22. The lowest BCUT2D eigenvalue weighted by Gasteiger charge is -2.34. The Morgan fingerprint density at radius 1 is 1.14 bits per heavy atom. The number of amides is 3. The van der Waals surface area contributed by atoms with Gasteiger partial charge < -0.3 is 25.0 Å². The summed E-state index contributed by atoms with van der Waals surface area (Å²) in [7, 11) is -4.12. The first-order chi connectivity index (χ1) is 24.0. The number of aryl methyl sites for hydroxylation is 1. The Labute approximate surface area is 297 Å². The maximum atomic E-state index is 14.1. The zero-order valence-electron chi connectivity index (χ0n) is 28.7. The fourth-order valence-corrected chi connectivity index (χ4v) is 8.61. The van der Waals surface area contributed by atoms with Gasteiger partial charge in [-0.3, -0.25) is 4.79 Å². The van der Waals surface area contributed by atoms with Crippen molar-refractivity contribution >= 4 is 33.3 Å². The summed E-state index contributed by atoms with van der Waals surface area (Å²) < 4.78 is 35.1. The summed E-state index contributed by atoms with van der Waals surface area (Å²) in [6.07, 6.45) is 0.0345. The summed E-state index contributed by atoms with van der Waals surface area (Å²) >= 11 is 1.52. The number of aliphatic hydroxyl groups excluding tert-OH is 1. The first kappa shape index (κ1) is 37.5. The van der Waals surface area contributed by atoms with Crippen LogP contribution in [-0.2, 0) is 39.1 Å². The highest BCUT2D eigenvalue weighted by Crippen LogP contribution is 2.24. The van der Waals surface area contributed by atoms with E-state index in [4.69, 9.17) is 4.74 Å². The quantitative estimate of drug-likeness (QED) is 0.198. The van der Waals surface area contributed by atoms with E-state index in [2.05, 4.69) is 15.5 Å². The lowest BCUT2D eigenvalue weighted by molar-refractivity contribution is -0.128. The molecule has 0 radical (unpaired) electrons. The molecule has 1 unspecified atom stereocenters. The summed E-state index contributed by atoms with van der Waals surface area (Å²) in [5.74, 6) is -0.670. The van der Waals surface area contributed by atoms with Gasteiger partial charge >= 0.3 is 6.03 Å². The van der Waals surface area contributed by atoms with Gasteiger partial charge in [0.25, 0.3) is 0 Å². The van der Waals surface area contributed by atoms with E-state index in [0.29, 0.717) is 38.2 Å². The topological polar surface area (TPSA) is 162 Å². The Bertz CT molecular complexity index is 1700. The fraction of sp³-hybridized carbons (Fsp3) is 0.514. The number of hydrogen-bond donors (Lipinski definition) is 2. The highest BCUT2D eigenvalue weighted by Gasteiger charge is 2.41. The molecule has 13 nitrogen and oxygen atoms in total. The lowest BCUT2D eigenvalue weighted by atomic mass is 9.98. The van der Waals surface area contributed by atoms with Gasteiger partial charge in [-0.15, -0.1) is 11.3 Å². The third-order valence-electron chi connectivity index (χ3n) is 9.10. The van der Waals surface area contributed by atoms with E-state index >= 15 is 0 Å². The molecule has 0 bridgehead atoms. The zero-order valence-corrected chi connectivity index (χ0v) is 30.3. The molecule has 4 atom stereocenters. The van der Waals surface area contributed by atoms with E-state index in [9.17, 15) is 28.0 Å². The fourth-order valence-electron chi connectivity index (χ4n) is 6.52. The predicted molar refractivity (Wildman–Crippen MR) is 190 cm³/mol. The van der Waals surface area contributed by atoms with Gasteiger partial charge in [-0.05, 0) is 55.4 Å². The number of hydrogen-bond acceptors (Lipinski definition) is 10. The monoisotopic (exact) mass is 726 g/mol. The average molecular weight is 727 g/mol. The SMILES string of the molecule is Cc1nc(CN2CCN([C@H](C(=O)N[C@@H](Cc3ccccc3)[C@H](O)CN(CC3CCCO3)S(=O)(=O)c3ccc(CN=O)cc3)C(C)C)C2=O)cs1. The normalized spacial score (nSPS) is 18.5. The Hall–Kier alpha value is -3.76. The number of nitrogens with zero attached hydrogens (tertiary/aromatic N) is 5. The number of aliphatic hydroxyl groups is 1. The van der Waals surface area contributed by atoms with Gasteiger partial charge in [-0.1, -0.05) is 61.5 Å². The molecule has 50 heavy (non-hydrogen) atoms. The van der Waals surface area contributed by atoms with Crippen LogP contribution in [0.4, 0.5) is 4.79 Å². The third kappa shape index (κ3) is 9.31. The van der Waals surface area contributed by atoms with Gasteiger partial charge in [0.1, 0.15) is 12.6 Å². The maximum absolute atomic E-state index is 14.1. The van der Waals surface area contributed by atoms with Crippen LogP contribution in [0.25, 0.3) is 0 Å². The van der Waals surface area contributed by atoms with E-state index in [1.54, 1.807) is 9.80 Å².